The van der Waals surface area contributed by atoms with Crippen molar-refractivity contribution in [2.24, 2.45) is 0 Å². The van der Waals surface area contributed by atoms with Gasteiger partial charge in [-0.1, -0.05) is 72.5 Å². The zero-order chi connectivity index (χ0) is 19.0. The van der Waals surface area contributed by atoms with E-state index in [1.807, 2.05) is 42.5 Å². The molecule has 0 radical (unpaired) electrons. The predicted molar refractivity (Wildman–Crippen MR) is 114 cm³/mol. The monoisotopic (exact) mass is 393 g/mol. The summed E-state index contributed by atoms with van der Waals surface area (Å²) in [4.78, 5) is 25.5. The zero-order valence-electron chi connectivity index (χ0n) is 14.2. The van der Waals surface area contributed by atoms with E-state index in [9.17, 15) is 9.59 Å². The smallest absolute Gasteiger partial charge is 0.305 e. The van der Waals surface area contributed by atoms with Gasteiger partial charge in [-0.05, 0) is 39.3 Å². The summed E-state index contributed by atoms with van der Waals surface area (Å²) in [6.07, 6.45) is 1.75. The zero-order valence-corrected chi connectivity index (χ0v) is 15.8. The third-order valence-corrected chi connectivity index (χ3v) is 5.89. The van der Waals surface area contributed by atoms with Gasteiger partial charge in [0.05, 0.1) is 11.3 Å². The normalized spacial score (nSPS) is 16.0. The molecule has 4 nitrogen and oxygen atoms in total. The van der Waals surface area contributed by atoms with Gasteiger partial charge >= 0.3 is 5.97 Å². The van der Waals surface area contributed by atoms with E-state index >= 15 is 0 Å². The molecule has 0 aromatic heterocycles. The lowest BCUT2D eigenvalue weighted by molar-refractivity contribution is -0.137. The minimum atomic E-state index is -0.951. The van der Waals surface area contributed by atoms with Crippen molar-refractivity contribution in [2.45, 2.75) is 6.42 Å². The Morgan fingerprint density at radius 1 is 1.07 bits per heavy atom. The molecule has 1 amide bonds. The molecule has 0 aliphatic carbocycles. The van der Waals surface area contributed by atoms with Crippen molar-refractivity contribution in [3.05, 3.63) is 65.1 Å². The summed E-state index contributed by atoms with van der Waals surface area (Å²) in [7, 11) is 0. The Morgan fingerprint density at radius 3 is 2.26 bits per heavy atom. The van der Waals surface area contributed by atoms with E-state index in [0.29, 0.717) is 9.23 Å². The van der Waals surface area contributed by atoms with Crippen LogP contribution in [-0.4, -0.2) is 32.7 Å². The standard InChI is InChI=1S/C21H15NO3S2/c23-19(24)9-10-22-20(25)18(27-21(22)26)12-17-15-7-3-1-5-13(15)11-14-6-2-4-8-16(14)17/h1-8,11-12H,9-10H2,(H,23,24)/b18-12+. The first-order chi connectivity index (χ1) is 13.0. The summed E-state index contributed by atoms with van der Waals surface area (Å²) >= 11 is 6.51. The van der Waals surface area contributed by atoms with Gasteiger partial charge in [-0.15, -0.1) is 0 Å². The van der Waals surface area contributed by atoms with Gasteiger partial charge in [-0.3, -0.25) is 14.5 Å². The first-order valence-electron chi connectivity index (χ1n) is 8.42. The Bertz CT molecular complexity index is 1080. The fourth-order valence-corrected chi connectivity index (χ4v) is 4.53. The van der Waals surface area contributed by atoms with Crippen LogP contribution < -0.4 is 0 Å². The van der Waals surface area contributed by atoms with Crippen LogP contribution in [0.4, 0.5) is 0 Å². The summed E-state index contributed by atoms with van der Waals surface area (Å²) in [6.45, 7) is 0.0909. The number of carbonyl (C=O) groups is 2. The lowest BCUT2D eigenvalue weighted by Crippen LogP contribution is -2.30. The van der Waals surface area contributed by atoms with Gasteiger partial charge in [0.15, 0.2) is 0 Å². The second-order valence-corrected chi connectivity index (χ2v) is 7.89. The SMILES string of the molecule is O=C(O)CCN1C(=O)/C(=C\c2c3ccccc3cc3ccccc23)SC1=S. The van der Waals surface area contributed by atoms with Gasteiger partial charge in [0, 0.05) is 6.54 Å². The van der Waals surface area contributed by atoms with Gasteiger partial charge in [-0.25, -0.2) is 0 Å². The number of hydrogen-bond acceptors (Lipinski definition) is 4. The Balaban J connectivity index is 1.83. The number of carbonyl (C=O) groups excluding carboxylic acids is 1. The number of aliphatic carboxylic acids is 1. The van der Waals surface area contributed by atoms with Crippen LogP contribution >= 0.6 is 24.0 Å². The van der Waals surface area contributed by atoms with E-state index < -0.39 is 5.97 Å². The van der Waals surface area contributed by atoms with Crippen LogP contribution in [0.3, 0.4) is 0 Å². The van der Waals surface area contributed by atoms with Crippen molar-refractivity contribution in [3.63, 3.8) is 0 Å². The number of nitrogens with zero attached hydrogens (tertiary/aromatic N) is 1. The molecular formula is C21H15NO3S2. The molecule has 27 heavy (non-hydrogen) atoms. The van der Waals surface area contributed by atoms with Crippen molar-refractivity contribution >= 4 is 67.8 Å². The molecule has 1 N–H and O–H groups in total. The third kappa shape index (κ3) is 3.34. The highest BCUT2D eigenvalue weighted by Gasteiger charge is 2.32. The van der Waals surface area contributed by atoms with Crippen molar-refractivity contribution in [3.8, 4) is 0 Å². The molecule has 134 valence electrons. The van der Waals surface area contributed by atoms with E-state index in [1.165, 1.54) is 16.7 Å². The highest BCUT2D eigenvalue weighted by Crippen LogP contribution is 2.36. The maximum Gasteiger partial charge on any atom is 0.305 e. The molecule has 3 aromatic carbocycles. The molecule has 1 aliphatic rings. The van der Waals surface area contributed by atoms with Gasteiger partial charge in [-0.2, -0.15) is 0 Å². The average Bonchev–Trinajstić information content (AvgIpc) is 2.92. The minimum absolute atomic E-state index is 0.0909. The number of fused-ring (bicyclic) bond motifs is 2. The quantitative estimate of drug-likeness (QED) is 0.397. The van der Waals surface area contributed by atoms with Gasteiger partial charge < -0.3 is 5.11 Å². The maximum atomic E-state index is 12.8. The molecule has 1 saturated heterocycles. The number of carboxylic acids is 1. The lowest BCUT2D eigenvalue weighted by atomic mass is 9.96. The second kappa shape index (κ2) is 7.13. The molecule has 0 unspecified atom stereocenters. The van der Waals surface area contributed by atoms with E-state index in [-0.39, 0.29) is 18.9 Å². The number of carboxylic acid groups (broad SMARTS) is 1. The van der Waals surface area contributed by atoms with Gasteiger partial charge in [0.1, 0.15) is 4.32 Å². The number of benzene rings is 3. The highest BCUT2D eigenvalue weighted by molar-refractivity contribution is 8.26. The number of amides is 1. The Labute approximate surface area is 165 Å². The van der Waals surface area contributed by atoms with Crippen molar-refractivity contribution in [1.29, 1.82) is 0 Å². The molecule has 3 aromatic rings. The fourth-order valence-electron chi connectivity index (χ4n) is 3.24. The molecular weight excluding hydrogens is 378 g/mol. The predicted octanol–water partition coefficient (Wildman–Crippen LogP) is 4.67. The summed E-state index contributed by atoms with van der Waals surface area (Å²) in [5.74, 6) is -1.18. The minimum Gasteiger partial charge on any atom is -0.481 e. The first kappa shape index (κ1) is 17.7. The van der Waals surface area contributed by atoms with Crippen LogP contribution in [-0.2, 0) is 9.59 Å². The Morgan fingerprint density at radius 2 is 1.67 bits per heavy atom. The largest absolute Gasteiger partial charge is 0.481 e. The fraction of sp³-hybridized carbons (Fsp3) is 0.0952. The number of thiocarbonyl (C=S) groups is 1. The third-order valence-electron chi connectivity index (χ3n) is 4.51. The van der Waals surface area contributed by atoms with E-state index in [2.05, 4.69) is 18.2 Å². The van der Waals surface area contributed by atoms with E-state index in [0.717, 1.165) is 27.1 Å². The molecule has 0 saturated carbocycles. The topological polar surface area (TPSA) is 57.6 Å². The van der Waals surface area contributed by atoms with Crippen LogP contribution in [0.2, 0.25) is 0 Å². The number of thioether (sulfide) groups is 1. The number of rotatable bonds is 4. The van der Waals surface area contributed by atoms with Crippen molar-refractivity contribution in [1.82, 2.24) is 4.90 Å². The second-order valence-electron chi connectivity index (χ2n) is 6.21. The molecule has 1 aliphatic heterocycles. The summed E-state index contributed by atoms with van der Waals surface area (Å²) < 4.78 is 0.400. The number of hydrogen-bond donors (Lipinski definition) is 1. The van der Waals surface area contributed by atoms with Crippen LogP contribution in [0, 0.1) is 0 Å². The molecule has 1 fully saturated rings. The maximum absolute atomic E-state index is 12.8. The molecule has 0 spiro atoms. The lowest BCUT2D eigenvalue weighted by Gasteiger charge is -2.12. The van der Waals surface area contributed by atoms with Crippen LogP contribution in [0.15, 0.2) is 59.5 Å². The first-order valence-corrected chi connectivity index (χ1v) is 9.65. The molecule has 6 heteroatoms. The molecule has 1 heterocycles. The summed E-state index contributed by atoms with van der Waals surface area (Å²) in [5, 5.41) is 13.2. The molecule has 4 rings (SSSR count). The molecule has 0 atom stereocenters. The highest BCUT2D eigenvalue weighted by atomic mass is 32.2. The average molecular weight is 393 g/mol. The van der Waals surface area contributed by atoms with Crippen LogP contribution in [0.5, 0.6) is 0 Å². The Kier molecular flexibility index (Phi) is 4.68. The van der Waals surface area contributed by atoms with Crippen molar-refractivity contribution < 1.29 is 14.7 Å². The van der Waals surface area contributed by atoms with Crippen LogP contribution in [0.25, 0.3) is 27.6 Å². The van der Waals surface area contributed by atoms with Gasteiger partial charge in [0.2, 0.25) is 0 Å². The van der Waals surface area contributed by atoms with E-state index in [4.69, 9.17) is 17.3 Å². The van der Waals surface area contributed by atoms with Crippen molar-refractivity contribution in [2.75, 3.05) is 6.54 Å². The Hall–Kier alpha value is -2.70. The van der Waals surface area contributed by atoms with Gasteiger partial charge in [0.25, 0.3) is 5.91 Å². The van der Waals surface area contributed by atoms with Crippen LogP contribution in [0.1, 0.15) is 12.0 Å². The summed E-state index contributed by atoms with van der Waals surface area (Å²) in [6, 6.07) is 18.3. The molecule has 0 bridgehead atoms. The van der Waals surface area contributed by atoms with E-state index in [1.54, 1.807) is 0 Å². The summed E-state index contributed by atoms with van der Waals surface area (Å²) in [5.41, 5.74) is 0.974.